The number of carbonyl (C=O) groups excluding carboxylic acids is 1. The molecule has 1 aromatic carbocycles. The van der Waals surface area contributed by atoms with Crippen molar-refractivity contribution < 1.29 is 9.21 Å². The molecule has 3 heterocycles. The molecule has 3 aromatic rings. The van der Waals surface area contributed by atoms with Crippen molar-refractivity contribution in [2.75, 3.05) is 0 Å². The molecule has 0 atom stereocenters. The summed E-state index contributed by atoms with van der Waals surface area (Å²) in [4.78, 5) is 19.5. The lowest BCUT2D eigenvalue weighted by molar-refractivity contribution is 0.0712. The zero-order valence-corrected chi connectivity index (χ0v) is 14.1. The molecule has 1 aliphatic heterocycles. The van der Waals surface area contributed by atoms with Gasteiger partial charge in [0.15, 0.2) is 0 Å². The molecule has 0 saturated heterocycles. The monoisotopic (exact) mass is 335 g/mol. The molecule has 0 fully saturated rings. The van der Waals surface area contributed by atoms with Gasteiger partial charge in [-0.1, -0.05) is 30.3 Å². The summed E-state index contributed by atoms with van der Waals surface area (Å²) < 4.78 is 7.56. The van der Waals surface area contributed by atoms with Crippen LogP contribution in [0, 0.1) is 0 Å². The van der Waals surface area contributed by atoms with Crippen molar-refractivity contribution in [3.63, 3.8) is 0 Å². The van der Waals surface area contributed by atoms with Crippen LogP contribution in [0.5, 0.6) is 0 Å². The Morgan fingerprint density at radius 3 is 2.76 bits per heavy atom. The molecule has 5 heteroatoms. The van der Waals surface area contributed by atoms with E-state index in [1.165, 1.54) is 0 Å². The fourth-order valence-electron chi connectivity index (χ4n) is 3.27. The fourth-order valence-corrected chi connectivity index (χ4v) is 3.27. The van der Waals surface area contributed by atoms with Crippen LogP contribution in [0.4, 0.5) is 0 Å². The second-order valence-electron chi connectivity index (χ2n) is 6.42. The van der Waals surface area contributed by atoms with Gasteiger partial charge in [-0.05, 0) is 30.5 Å². The smallest absolute Gasteiger partial charge is 0.274 e. The Morgan fingerprint density at radius 1 is 1.12 bits per heavy atom. The topological polar surface area (TPSA) is 51.3 Å². The van der Waals surface area contributed by atoms with Crippen LogP contribution in [0.1, 0.15) is 40.5 Å². The Hall–Kier alpha value is -2.82. The molecule has 0 radical (unpaired) electrons. The maximum absolute atomic E-state index is 13.1. The van der Waals surface area contributed by atoms with Crippen LogP contribution in [-0.4, -0.2) is 20.4 Å². The van der Waals surface area contributed by atoms with E-state index in [0.29, 0.717) is 18.8 Å². The summed E-state index contributed by atoms with van der Waals surface area (Å²) in [5.41, 5.74) is 1.62. The summed E-state index contributed by atoms with van der Waals surface area (Å²) in [6, 6.07) is 13.7. The zero-order chi connectivity index (χ0) is 17.1. The van der Waals surface area contributed by atoms with E-state index in [4.69, 9.17) is 4.42 Å². The summed E-state index contributed by atoms with van der Waals surface area (Å²) >= 11 is 0. The number of carbonyl (C=O) groups is 1. The minimum Gasteiger partial charge on any atom is -0.467 e. The molecule has 128 valence electrons. The van der Waals surface area contributed by atoms with Gasteiger partial charge in [-0.2, -0.15) is 0 Å². The molecule has 0 unspecified atom stereocenters. The first-order valence-corrected chi connectivity index (χ1v) is 8.71. The van der Waals surface area contributed by atoms with E-state index in [0.717, 1.165) is 43.0 Å². The number of nitrogens with zero attached hydrogens (tertiary/aromatic N) is 3. The molecule has 4 rings (SSSR count). The molecule has 2 aromatic heterocycles. The lowest BCUT2D eigenvalue weighted by Crippen LogP contribution is -2.30. The van der Waals surface area contributed by atoms with Crippen LogP contribution in [0.25, 0.3) is 0 Å². The van der Waals surface area contributed by atoms with E-state index in [1.54, 1.807) is 11.2 Å². The standard InChI is InChI=1S/C20H21N3O2/c24-20(18-15-22-11-5-4-10-19(22)21-18)23(14-17-9-6-12-25-17)13-16-7-2-1-3-8-16/h1-3,6-9,12,15H,4-5,10-11,13-14H2. The van der Waals surface area contributed by atoms with Gasteiger partial charge in [-0.25, -0.2) is 4.98 Å². The van der Waals surface area contributed by atoms with Crippen molar-refractivity contribution in [1.29, 1.82) is 0 Å². The first-order chi connectivity index (χ1) is 12.3. The molecule has 0 aliphatic carbocycles. The fraction of sp³-hybridized carbons (Fsp3) is 0.300. The highest BCUT2D eigenvalue weighted by Crippen LogP contribution is 2.18. The summed E-state index contributed by atoms with van der Waals surface area (Å²) in [6.45, 7) is 1.91. The normalized spacial score (nSPS) is 13.4. The molecule has 0 spiro atoms. The van der Waals surface area contributed by atoms with Crippen LogP contribution in [0.3, 0.4) is 0 Å². The molecule has 0 saturated carbocycles. The van der Waals surface area contributed by atoms with Gasteiger partial charge in [-0.3, -0.25) is 4.79 Å². The van der Waals surface area contributed by atoms with E-state index in [-0.39, 0.29) is 5.91 Å². The minimum absolute atomic E-state index is 0.0536. The Morgan fingerprint density at radius 2 is 2.00 bits per heavy atom. The number of furan rings is 1. The van der Waals surface area contributed by atoms with E-state index >= 15 is 0 Å². The zero-order valence-electron chi connectivity index (χ0n) is 14.1. The molecule has 5 nitrogen and oxygen atoms in total. The predicted octanol–water partition coefficient (Wildman–Crippen LogP) is 3.66. The van der Waals surface area contributed by atoms with E-state index in [2.05, 4.69) is 9.55 Å². The number of hydrogen-bond acceptors (Lipinski definition) is 3. The van der Waals surface area contributed by atoms with Crippen molar-refractivity contribution in [3.05, 3.63) is 77.8 Å². The van der Waals surface area contributed by atoms with Crippen molar-refractivity contribution >= 4 is 5.91 Å². The number of hydrogen-bond donors (Lipinski definition) is 0. The maximum Gasteiger partial charge on any atom is 0.274 e. The second kappa shape index (κ2) is 6.97. The first kappa shape index (κ1) is 15.7. The lowest BCUT2D eigenvalue weighted by Gasteiger charge is -2.21. The van der Waals surface area contributed by atoms with Crippen molar-refractivity contribution in [2.24, 2.45) is 0 Å². The molecular weight excluding hydrogens is 314 g/mol. The highest BCUT2D eigenvalue weighted by molar-refractivity contribution is 5.92. The van der Waals surface area contributed by atoms with Gasteiger partial charge in [0.2, 0.25) is 0 Å². The largest absolute Gasteiger partial charge is 0.467 e. The Bertz CT molecular complexity index is 814. The van der Waals surface area contributed by atoms with E-state index in [9.17, 15) is 4.79 Å². The lowest BCUT2D eigenvalue weighted by atomic mass is 10.2. The van der Waals surface area contributed by atoms with Crippen molar-refractivity contribution in [2.45, 2.75) is 38.9 Å². The van der Waals surface area contributed by atoms with Crippen LogP contribution in [-0.2, 0) is 26.1 Å². The van der Waals surface area contributed by atoms with Crippen molar-refractivity contribution in [3.8, 4) is 0 Å². The average molecular weight is 335 g/mol. The number of aryl methyl sites for hydroxylation is 2. The molecule has 0 N–H and O–H groups in total. The Labute approximate surface area is 146 Å². The van der Waals surface area contributed by atoms with Crippen molar-refractivity contribution in [1.82, 2.24) is 14.5 Å². The number of benzene rings is 1. The summed E-state index contributed by atoms with van der Waals surface area (Å²) in [5, 5.41) is 0. The summed E-state index contributed by atoms with van der Waals surface area (Å²) in [7, 11) is 0. The van der Waals surface area contributed by atoms with Gasteiger partial charge in [0.05, 0.1) is 12.8 Å². The molecule has 25 heavy (non-hydrogen) atoms. The van der Waals surface area contributed by atoms with Crippen LogP contribution in [0.2, 0.25) is 0 Å². The average Bonchev–Trinajstić information content (AvgIpc) is 3.30. The maximum atomic E-state index is 13.1. The molecule has 1 aliphatic rings. The molecule has 0 bridgehead atoms. The van der Waals surface area contributed by atoms with Gasteiger partial charge in [-0.15, -0.1) is 0 Å². The van der Waals surface area contributed by atoms with Gasteiger partial charge >= 0.3 is 0 Å². The van der Waals surface area contributed by atoms with Gasteiger partial charge in [0, 0.05) is 25.7 Å². The number of rotatable bonds is 5. The SMILES string of the molecule is O=C(c1cn2c(n1)CCCC2)N(Cc1ccccc1)Cc1ccco1. The predicted molar refractivity (Wildman–Crippen MR) is 93.9 cm³/mol. The number of imidazole rings is 1. The van der Waals surface area contributed by atoms with Crippen LogP contribution in [0.15, 0.2) is 59.3 Å². The van der Waals surface area contributed by atoms with Gasteiger partial charge in [0.1, 0.15) is 17.3 Å². The quantitative estimate of drug-likeness (QED) is 0.715. The number of fused-ring (bicyclic) bond motifs is 1. The third-order valence-corrected chi connectivity index (χ3v) is 4.56. The second-order valence-corrected chi connectivity index (χ2v) is 6.42. The third-order valence-electron chi connectivity index (χ3n) is 4.56. The molecular formula is C20H21N3O2. The number of aromatic nitrogens is 2. The van der Waals surface area contributed by atoms with Crippen LogP contribution < -0.4 is 0 Å². The third kappa shape index (κ3) is 3.50. The Kier molecular flexibility index (Phi) is 4.37. The van der Waals surface area contributed by atoms with E-state index in [1.807, 2.05) is 48.7 Å². The first-order valence-electron chi connectivity index (χ1n) is 8.71. The molecule has 1 amide bonds. The summed E-state index contributed by atoms with van der Waals surface area (Å²) in [5.74, 6) is 1.74. The minimum atomic E-state index is -0.0536. The highest BCUT2D eigenvalue weighted by Gasteiger charge is 2.22. The Balaban J connectivity index is 1.59. The van der Waals surface area contributed by atoms with Gasteiger partial charge in [0.25, 0.3) is 5.91 Å². The van der Waals surface area contributed by atoms with Crippen LogP contribution >= 0.6 is 0 Å². The summed E-state index contributed by atoms with van der Waals surface area (Å²) in [6.07, 6.45) is 6.78. The highest BCUT2D eigenvalue weighted by atomic mass is 16.3. The van der Waals surface area contributed by atoms with Gasteiger partial charge < -0.3 is 13.9 Å². The number of amides is 1. The van der Waals surface area contributed by atoms with E-state index < -0.39 is 0 Å².